The molecule has 0 N–H and O–H groups in total. The number of carbonyl (C=O) groups excluding carboxylic acids is 2. The summed E-state index contributed by atoms with van der Waals surface area (Å²) in [5.74, 6) is -0.0849. The summed E-state index contributed by atoms with van der Waals surface area (Å²) in [7, 11) is -3.60. The van der Waals surface area contributed by atoms with Gasteiger partial charge < -0.3 is 9.80 Å². The normalized spacial score (nSPS) is 19.2. The molecule has 0 bridgehead atoms. The van der Waals surface area contributed by atoms with E-state index in [9.17, 15) is 18.0 Å². The molecule has 2 amide bonds. The van der Waals surface area contributed by atoms with E-state index in [1.807, 2.05) is 0 Å². The summed E-state index contributed by atoms with van der Waals surface area (Å²) in [5.41, 5.74) is 0.516. The van der Waals surface area contributed by atoms with Crippen molar-refractivity contribution in [1.82, 2.24) is 14.1 Å². The Morgan fingerprint density at radius 1 is 0.840 bits per heavy atom. The predicted molar refractivity (Wildman–Crippen MR) is 92.6 cm³/mol. The van der Waals surface area contributed by atoms with Crippen LogP contribution in [-0.4, -0.2) is 73.6 Å². The summed E-state index contributed by atoms with van der Waals surface area (Å²) >= 11 is 0. The second kappa shape index (κ2) is 7.13. The fourth-order valence-corrected chi connectivity index (χ4v) is 4.69. The number of amides is 2. The molecule has 0 aliphatic carbocycles. The molecular weight excluding hydrogens is 342 g/mol. The molecule has 8 heteroatoms. The Morgan fingerprint density at radius 3 is 1.92 bits per heavy atom. The second-order valence-corrected chi connectivity index (χ2v) is 8.37. The predicted octanol–water partition coefficient (Wildman–Crippen LogP) is 0.775. The van der Waals surface area contributed by atoms with Crippen molar-refractivity contribution >= 4 is 21.8 Å². The Bertz CT molecular complexity index is 747. The number of benzene rings is 1. The number of rotatable bonds is 3. The van der Waals surface area contributed by atoms with E-state index < -0.39 is 10.0 Å². The van der Waals surface area contributed by atoms with Crippen molar-refractivity contribution in [2.24, 2.45) is 0 Å². The van der Waals surface area contributed by atoms with Gasteiger partial charge in [0.25, 0.3) is 5.91 Å². The van der Waals surface area contributed by atoms with Crippen LogP contribution in [0.15, 0.2) is 29.2 Å². The molecule has 0 atom stereocenters. The number of likely N-dealkylation sites (tertiary alicyclic amines) is 1. The molecule has 2 saturated heterocycles. The van der Waals surface area contributed by atoms with Gasteiger partial charge in [0.2, 0.25) is 15.9 Å². The molecule has 25 heavy (non-hydrogen) atoms. The summed E-state index contributed by atoms with van der Waals surface area (Å²) in [6.45, 7) is 4.39. The zero-order valence-corrected chi connectivity index (χ0v) is 15.2. The van der Waals surface area contributed by atoms with Crippen molar-refractivity contribution in [3.8, 4) is 0 Å². The van der Waals surface area contributed by atoms with Gasteiger partial charge in [0.05, 0.1) is 4.90 Å². The molecule has 2 heterocycles. The van der Waals surface area contributed by atoms with E-state index in [4.69, 9.17) is 0 Å². The molecule has 2 aliphatic rings. The largest absolute Gasteiger partial charge is 0.340 e. The third kappa shape index (κ3) is 3.69. The number of sulfonamides is 1. The van der Waals surface area contributed by atoms with E-state index in [0.717, 1.165) is 25.9 Å². The minimum absolute atomic E-state index is 0.0400. The number of hydrogen-bond acceptors (Lipinski definition) is 4. The van der Waals surface area contributed by atoms with Crippen molar-refractivity contribution in [2.45, 2.75) is 24.7 Å². The molecule has 3 rings (SSSR count). The molecule has 136 valence electrons. The molecule has 1 aromatic rings. The summed E-state index contributed by atoms with van der Waals surface area (Å²) < 4.78 is 26.8. The second-order valence-electron chi connectivity index (χ2n) is 6.43. The van der Waals surface area contributed by atoms with E-state index in [1.165, 1.54) is 23.4 Å². The van der Waals surface area contributed by atoms with Crippen LogP contribution in [0, 0.1) is 0 Å². The summed E-state index contributed by atoms with van der Waals surface area (Å²) in [6, 6.07) is 6.16. The number of hydrogen-bond donors (Lipinski definition) is 0. The highest BCUT2D eigenvalue weighted by Crippen LogP contribution is 2.20. The standard InChI is InChI=1S/C17H23N3O4S/c1-14(21)18-10-12-20(13-11-18)25(23,24)16-6-4-15(5-7-16)17(22)19-8-2-3-9-19/h4-7H,2-3,8-13H2,1H3. The lowest BCUT2D eigenvalue weighted by Gasteiger charge is -2.33. The number of carbonyl (C=O) groups is 2. The van der Waals surface area contributed by atoms with E-state index in [0.29, 0.717) is 18.7 Å². The van der Waals surface area contributed by atoms with Crippen LogP contribution < -0.4 is 0 Å². The van der Waals surface area contributed by atoms with Gasteiger partial charge in [-0.15, -0.1) is 0 Å². The minimum Gasteiger partial charge on any atom is -0.340 e. The van der Waals surface area contributed by atoms with Gasteiger partial charge in [0.1, 0.15) is 0 Å². The topological polar surface area (TPSA) is 78.0 Å². The van der Waals surface area contributed by atoms with Gasteiger partial charge in [-0.1, -0.05) is 0 Å². The Balaban J connectivity index is 1.70. The van der Waals surface area contributed by atoms with E-state index >= 15 is 0 Å². The van der Waals surface area contributed by atoms with E-state index in [-0.39, 0.29) is 29.8 Å². The Morgan fingerprint density at radius 2 is 1.40 bits per heavy atom. The maximum absolute atomic E-state index is 12.7. The molecular formula is C17H23N3O4S. The first-order valence-corrected chi connectivity index (χ1v) is 9.98. The highest BCUT2D eigenvalue weighted by atomic mass is 32.2. The van der Waals surface area contributed by atoms with Gasteiger partial charge in [-0.25, -0.2) is 8.42 Å². The highest BCUT2D eigenvalue weighted by molar-refractivity contribution is 7.89. The molecule has 2 fully saturated rings. The van der Waals surface area contributed by atoms with E-state index in [2.05, 4.69) is 0 Å². The van der Waals surface area contributed by atoms with Crippen LogP contribution in [-0.2, 0) is 14.8 Å². The van der Waals surface area contributed by atoms with Gasteiger partial charge in [-0.05, 0) is 37.1 Å². The third-order valence-electron chi connectivity index (χ3n) is 4.82. The van der Waals surface area contributed by atoms with Crippen LogP contribution in [0.2, 0.25) is 0 Å². The average Bonchev–Trinajstić information content (AvgIpc) is 3.16. The molecule has 0 unspecified atom stereocenters. The zero-order valence-electron chi connectivity index (χ0n) is 14.3. The van der Waals surface area contributed by atoms with Crippen LogP contribution in [0.4, 0.5) is 0 Å². The van der Waals surface area contributed by atoms with Gasteiger partial charge in [-0.2, -0.15) is 4.31 Å². The maximum Gasteiger partial charge on any atom is 0.253 e. The number of piperazine rings is 1. The average molecular weight is 365 g/mol. The van der Waals surface area contributed by atoms with Gasteiger partial charge in [0, 0.05) is 51.8 Å². The molecule has 0 aromatic heterocycles. The summed E-state index contributed by atoms with van der Waals surface area (Å²) in [6.07, 6.45) is 2.04. The van der Waals surface area contributed by atoms with E-state index in [1.54, 1.807) is 21.9 Å². The van der Waals surface area contributed by atoms with Gasteiger partial charge >= 0.3 is 0 Å². The smallest absolute Gasteiger partial charge is 0.253 e. The van der Waals surface area contributed by atoms with Crippen LogP contribution >= 0.6 is 0 Å². The molecule has 0 saturated carbocycles. The van der Waals surface area contributed by atoms with Crippen LogP contribution in [0.3, 0.4) is 0 Å². The van der Waals surface area contributed by atoms with Crippen molar-refractivity contribution < 1.29 is 18.0 Å². The molecule has 2 aliphatic heterocycles. The lowest BCUT2D eigenvalue weighted by molar-refractivity contribution is -0.129. The summed E-state index contributed by atoms with van der Waals surface area (Å²) in [5, 5.41) is 0. The van der Waals surface area contributed by atoms with Crippen LogP contribution in [0.1, 0.15) is 30.1 Å². The molecule has 7 nitrogen and oxygen atoms in total. The Labute approximate surface area is 148 Å². The number of nitrogens with zero attached hydrogens (tertiary/aromatic N) is 3. The Hall–Kier alpha value is -1.93. The van der Waals surface area contributed by atoms with Gasteiger partial charge in [0.15, 0.2) is 0 Å². The molecule has 1 aromatic carbocycles. The van der Waals surface area contributed by atoms with Crippen molar-refractivity contribution in [1.29, 1.82) is 0 Å². The molecule has 0 spiro atoms. The van der Waals surface area contributed by atoms with Crippen LogP contribution in [0.5, 0.6) is 0 Å². The fourth-order valence-electron chi connectivity index (χ4n) is 3.26. The van der Waals surface area contributed by atoms with Crippen molar-refractivity contribution in [2.75, 3.05) is 39.3 Å². The first kappa shape index (κ1) is 17.9. The quantitative estimate of drug-likeness (QED) is 0.793. The highest BCUT2D eigenvalue weighted by Gasteiger charge is 2.29. The Kier molecular flexibility index (Phi) is 5.10. The minimum atomic E-state index is -3.60. The molecule has 0 radical (unpaired) electrons. The van der Waals surface area contributed by atoms with Crippen molar-refractivity contribution in [3.63, 3.8) is 0 Å². The zero-order chi connectivity index (χ0) is 18.0. The maximum atomic E-state index is 12.7. The van der Waals surface area contributed by atoms with Crippen LogP contribution in [0.25, 0.3) is 0 Å². The lowest BCUT2D eigenvalue weighted by Crippen LogP contribution is -2.49. The lowest BCUT2D eigenvalue weighted by atomic mass is 10.2. The SMILES string of the molecule is CC(=O)N1CCN(S(=O)(=O)c2ccc(C(=O)N3CCCC3)cc2)CC1. The fraction of sp³-hybridized carbons (Fsp3) is 0.529. The summed E-state index contributed by atoms with van der Waals surface area (Å²) in [4.78, 5) is 27.3. The monoisotopic (exact) mass is 365 g/mol. The van der Waals surface area contributed by atoms with Crippen molar-refractivity contribution in [3.05, 3.63) is 29.8 Å². The van der Waals surface area contributed by atoms with Gasteiger partial charge in [-0.3, -0.25) is 9.59 Å². The first-order chi connectivity index (χ1) is 11.9. The first-order valence-electron chi connectivity index (χ1n) is 8.54. The third-order valence-corrected chi connectivity index (χ3v) is 6.73.